The van der Waals surface area contributed by atoms with Gasteiger partial charge in [-0.1, -0.05) is 78.7 Å². The molecule has 4 heterocycles. The Bertz CT molecular complexity index is 3600. The molecular weight excluding hydrogens is 1210 g/mol. The van der Waals surface area contributed by atoms with Gasteiger partial charge in [0, 0.05) is 50.2 Å². The highest BCUT2D eigenvalue weighted by Gasteiger charge is 2.73. The number of amidine groups is 2. The molecule has 2 fully saturated rings. The van der Waals surface area contributed by atoms with E-state index in [2.05, 4.69) is 62.8 Å². The van der Waals surface area contributed by atoms with Crippen molar-refractivity contribution in [2.45, 2.75) is 124 Å². The van der Waals surface area contributed by atoms with Gasteiger partial charge in [-0.15, -0.1) is 12.8 Å². The molecule has 4 aliphatic rings. The minimum Gasteiger partial charge on any atom is -0.460 e. The molecule has 4 aromatic rings. The van der Waals surface area contributed by atoms with Gasteiger partial charge >= 0.3 is 6.09 Å². The van der Waals surface area contributed by atoms with E-state index in [9.17, 15) is 30.4 Å². The molecule has 17 nitrogen and oxygen atoms in total. The van der Waals surface area contributed by atoms with Gasteiger partial charge in [0.25, 0.3) is 0 Å². The Morgan fingerprint density at radius 2 is 1.33 bits per heavy atom. The van der Waals surface area contributed by atoms with E-state index < -0.39 is 106 Å². The normalized spacial score (nSPS) is 24.5. The number of aliphatic hydroxyl groups excluding tert-OH is 1. The number of hydrogen-bond acceptors (Lipinski definition) is 18. The summed E-state index contributed by atoms with van der Waals surface area (Å²) in [6, 6.07) is 8.90. The predicted molar refractivity (Wildman–Crippen MR) is 327 cm³/mol. The third-order valence-corrected chi connectivity index (χ3v) is 23.8. The molecule has 0 spiro atoms. The molecule has 0 unspecified atom stereocenters. The zero-order valence-electron chi connectivity index (χ0n) is 48.4. The molecule has 8 atom stereocenters. The zero-order valence-corrected chi connectivity index (χ0v) is 53.4. The Morgan fingerprint density at radius 1 is 0.845 bits per heavy atom. The molecule has 0 radical (unpaired) electrons. The van der Waals surface area contributed by atoms with Crippen LogP contribution < -0.4 is 10.5 Å². The fourth-order valence-corrected chi connectivity index (χ4v) is 16.7. The van der Waals surface area contributed by atoms with E-state index in [0.717, 1.165) is 42.1 Å². The van der Waals surface area contributed by atoms with Crippen LogP contribution in [0.1, 0.15) is 94.9 Å². The number of nitrogens with zero attached hydrogens (tertiary/aromatic N) is 7. The van der Waals surface area contributed by atoms with Gasteiger partial charge in [0.2, 0.25) is 5.88 Å². The lowest BCUT2D eigenvalue weighted by Gasteiger charge is -2.37. The van der Waals surface area contributed by atoms with Gasteiger partial charge in [-0.25, -0.2) is 64.0 Å². The van der Waals surface area contributed by atoms with Crippen molar-refractivity contribution in [3.8, 4) is 30.6 Å². The molecule has 8 rings (SSSR count). The van der Waals surface area contributed by atoms with E-state index in [4.69, 9.17) is 48.1 Å². The molecule has 2 aliphatic heterocycles. The number of amides is 1. The van der Waals surface area contributed by atoms with Crippen LogP contribution in [0.3, 0.4) is 0 Å². The minimum absolute atomic E-state index is 0.0434. The maximum absolute atomic E-state index is 15.7. The van der Waals surface area contributed by atoms with E-state index in [-0.39, 0.29) is 57.0 Å². The van der Waals surface area contributed by atoms with Crippen molar-refractivity contribution in [2.24, 2.45) is 27.6 Å². The number of nitrogens with two attached hydrogens (primary N) is 1. The monoisotopic (exact) mass is 1270 g/mol. The first-order chi connectivity index (χ1) is 38.8. The summed E-state index contributed by atoms with van der Waals surface area (Å²) >= 11 is 7.71. The number of ether oxygens (including phenoxy) is 3. The predicted octanol–water partition coefficient (Wildman–Crippen LogP) is 10.9. The first kappa shape index (κ1) is 67.3. The van der Waals surface area contributed by atoms with Crippen molar-refractivity contribution in [1.29, 1.82) is 0 Å². The second-order valence-electron chi connectivity index (χ2n) is 23.0. The average molecular weight is 1280 g/mol. The van der Waals surface area contributed by atoms with Crippen molar-refractivity contribution in [1.82, 2.24) is 24.8 Å². The molecule has 0 saturated heterocycles. The van der Waals surface area contributed by atoms with Crippen LogP contribution >= 0.6 is 35.1 Å². The number of carbonyl (C=O) groups excluding carboxylic acids is 1. The number of aliphatic hydroxyl groups is 1. The Labute approximate surface area is 503 Å². The van der Waals surface area contributed by atoms with Crippen LogP contribution in [0.15, 0.2) is 71.2 Å². The zero-order chi connectivity index (χ0) is 62.8. The first-order valence-electron chi connectivity index (χ1n) is 26.0. The number of hydrogen-bond donors (Lipinski definition) is 2. The van der Waals surface area contributed by atoms with Gasteiger partial charge in [-0.05, 0) is 115 Å². The van der Waals surface area contributed by atoms with Crippen LogP contribution in [0.5, 0.6) is 5.88 Å². The number of aliphatic imine (C=N–C) groups is 2. The van der Waals surface area contributed by atoms with Gasteiger partial charge in [0.15, 0.2) is 47.8 Å². The quantitative estimate of drug-likeness (QED) is 0.0370. The minimum atomic E-state index is -3.74. The topological polar surface area (TPSA) is 239 Å². The van der Waals surface area contributed by atoms with Crippen molar-refractivity contribution in [3.63, 3.8) is 0 Å². The average Bonchev–Trinajstić information content (AvgIpc) is 1.53. The van der Waals surface area contributed by atoms with Crippen LogP contribution in [0.2, 0.25) is 30.8 Å². The lowest BCUT2D eigenvalue weighted by atomic mass is 9.86. The molecule has 84 heavy (non-hydrogen) atoms. The number of aromatic nitrogens is 4. The molecule has 1 amide bonds. The third kappa shape index (κ3) is 15.8. The molecule has 2 aromatic heterocycles. The summed E-state index contributed by atoms with van der Waals surface area (Å²) in [6.45, 7) is 18.4. The first-order valence-corrected chi connectivity index (χ1v) is 35.5. The van der Waals surface area contributed by atoms with Crippen molar-refractivity contribution in [3.05, 3.63) is 112 Å². The van der Waals surface area contributed by atoms with Crippen LogP contribution in [0.25, 0.3) is 23.8 Å². The lowest BCUT2D eigenvalue weighted by molar-refractivity contribution is 0.0110. The smallest absolute Gasteiger partial charge is 0.418 e. The molecule has 0 bridgehead atoms. The number of halogens is 5. The summed E-state index contributed by atoms with van der Waals surface area (Å²) in [5.41, 5.74) is 3.17. The number of fused-ring (bicyclic) bond motifs is 2. The van der Waals surface area contributed by atoms with E-state index in [1.54, 1.807) is 48.5 Å². The molecule has 2 aromatic carbocycles. The van der Waals surface area contributed by atoms with Crippen molar-refractivity contribution >= 4 is 103 Å². The van der Waals surface area contributed by atoms with E-state index in [0.29, 0.717) is 24.2 Å². The second-order valence-corrected chi connectivity index (χ2v) is 36.7. The number of carbonyl (C=O) groups is 1. The number of terminal acetylenes is 2. The number of thioether (sulfide) groups is 2. The summed E-state index contributed by atoms with van der Waals surface area (Å²) in [7, 11) is -8.67. The SMILES string of the molecule is C#C[C@H](C)O.C#C[C@H](C)Oc1cnc(/C(F)=C/c2ccc(F)c([C@@]3(C)N=C(N)S[C@@]4(S(C)(=O)=O)C[C@H]43)c2)cn1.CC(C)(C)OC(=O)N(COCC[Si](C)(C)C)C1=N[C@](C)(c2cc(/C=C(\F)c3cnc(Cl)cn3)ccc2F)[C@@H]2C[C@]2(S(C)(=O)=O)S1. The van der Waals surface area contributed by atoms with Crippen molar-refractivity contribution in [2.75, 3.05) is 25.8 Å². The maximum atomic E-state index is 15.7. The molecule has 3 N–H and O–H groups in total. The molecular formula is C57H67ClF4N8O9S4Si. The van der Waals surface area contributed by atoms with Gasteiger partial charge in [0.05, 0.1) is 35.9 Å². The largest absolute Gasteiger partial charge is 0.460 e. The molecule has 2 saturated carbocycles. The van der Waals surface area contributed by atoms with Crippen LogP contribution in [0.4, 0.5) is 22.4 Å². The van der Waals surface area contributed by atoms with Crippen LogP contribution in [-0.2, 0) is 40.2 Å². The summed E-state index contributed by atoms with van der Waals surface area (Å²) in [4.78, 5) is 39.7. The Balaban J connectivity index is 0.000000257. The van der Waals surface area contributed by atoms with Gasteiger partial charge in [-0.3, -0.25) is 9.98 Å². The molecule has 452 valence electrons. The number of rotatable bonds is 15. The van der Waals surface area contributed by atoms with Gasteiger partial charge < -0.3 is 25.1 Å². The summed E-state index contributed by atoms with van der Waals surface area (Å²) in [5, 5.41) is 8.35. The van der Waals surface area contributed by atoms with Crippen LogP contribution in [0, 0.1) is 48.2 Å². The van der Waals surface area contributed by atoms with Crippen molar-refractivity contribution < 1.29 is 58.5 Å². The van der Waals surface area contributed by atoms with Gasteiger partial charge in [-0.2, -0.15) is 0 Å². The fourth-order valence-electron chi connectivity index (χ4n) is 9.14. The fraction of sp³-hybridized carbons (Fsp3) is 0.456. The van der Waals surface area contributed by atoms with E-state index in [1.807, 2.05) is 0 Å². The van der Waals surface area contributed by atoms with E-state index in [1.165, 1.54) is 78.2 Å². The Morgan fingerprint density at radius 3 is 1.76 bits per heavy atom. The number of sulfone groups is 2. The highest BCUT2D eigenvalue weighted by Crippen LogP contribution is 2.70. The highest BCUT2D eigenvalue weighted by molar-refractivity contribution is 8.24. The van der Waals surface area contributed by atoms with Gasteiger partial charge in [0.1, 0.15) is 54.8 Å². The number of benzene rings is 2. The van der Waals surface area contributed by atoms with Crippen LogP contribution in [-0.4, -0.2) is 123 Å². The van der Waals surface area contributed by atoms with E-state index >= 15 is 8.78 Å². The molecule has 2 aliphatic carbocycles. The molecule has 27 heteroatoms. The second kappa shape index (κ2) is 25.6. The highest BCUT2D eigenvalue weighted by atomic mass is 35.5. The standard InChI is InChI=1S/C30H39ClF2N4O5S2Si.C23H22F2N4O3S2.C4H6O/c1-28(2,3)42-27(38)37(18-41-11-12-45(6,7)8)26-36-29(4,24-15-30(24,43-26)44(5,39)40)20-13-19(9-10-21(20)32)14-22(33)23-16-35-25(31)17-34-23;1-5-13(2)32-20-12-27-18(11-28-20)17(25)9-14-6-7-16(24)15(8-14)22(3)19-10-23(19,34(4,30)31)33-21(26)29-22;1-3-4(2)5/h9-10,13-14,16-17,24H,11-12,15,18H2,1-8H3;1,6-9,11-13,19H,10H2,2-4H3,(H2,26,29);1,4-5H,2H3/b22-14-;17-9-;/t24-,29+,30+;13-,19-,22+,23+;4-/m000/s1. The third-order valence-electron chi connectivity index (χ3n) is 13.8. The summed E-state index contributed by atoms with van der Waals surface area (Å²) < 4.78 is 126. The maximum Gasteiger partial charge on any atom is 0.418 e. The Hall–Kier alpha value is -5.84. The lowest BCUT2D eigenvalue weighted by Crippen LogP contribution is -2.47. The Kier molecular flexibility index (Phi) is 20.5. The summed E-state index contributed by atoms with van der Waals surface area (Å²) in [5.74, 6) is 0.874. The summed E-state index contributed by atoms with van der Waals surface area (Å²) in [6.07, 6.45) is 18.0.